The van der Waals surface area contributed by atoms with Gasteiger partial charge in [-0.1, -0.05) is 84.3 Å². The molecular weight excluding hydrogens is 560 g/mol. The predicted octanol–water partition coefficient (Wildman–Crippen LogP) is 6.86. The smallest absolute Gasteiger partial charge is 0.311 e. The standard InChI is InChI=1S/C35H64N2O7/c1-7-8-9-10-11-12-13-14-15-16-17-18-19-20-21-24-29(38)36-25-22-23-28(26-30(39)40)37-32(42)31(41)35(5,6)27-44-33(43)34(2,3)4/h14-15,28,31,41H,7-13,16-27H2,1-6H3,(H,36,38)(H,37,42)(H,39,40)/b15-14-. The van der Waals surface area contributed by atoms with E-state index >= 15 is 0 Å². The molecule has 0 aliphatic rings. The summed E-state index contributed by atoms with van der Waals surface area (Å²) in [6.45, 7) is 10.8. The van der Waals surface area contributed by atoms with Crippen molar-refractivity contribution in [2.75, 3.05) is 13.2 Å². The van der Waals surface area contributed by atoms with Crippen molar-refractivity contribution in [2.24, 2.45) is 10.8 Å². The van der Waals surface area contributed by atoms with E-state index in [-0.39, 0.29) is 18.9 Å². The van der Waals surface area contributed by atoms with Gasteiger partial charge in [-0.25, -0.2) is 0 Å². The molecule has 9 heteroatoms. The van der Waals surface area contributed by atoms with Crippen LogP contribution in [0.3, 0.4) is 0 Å². The topological polar surface area (TPSA) is 142 Å². The van der Waals surface area contributed by atoms with Gasteiger partial charge in [0.1, 0.15) is 6.10 Å². The summed E-state index contributed by atoms with van der Waals surface area (Å²) in [6.07, 6.45) is 19.8. The Morgan fingerprint density at radius 3 is 1.89 bits per heavy atom. The van der Waals surface area contributed by atoms with Crippen molar-refractivity contribution in [3.8, 4) is 0 Å². The maximum absolute atomic E-state index is 12.7. The number of hydrogen-bond acceptors (Lipinski definition) is 6. The number of carbonyl (C=O) groups is 4. The molecule has 256 valence electrons. The highest BCUT2D eigenvalue weighted by molar-refractivity contribution is 5.82. The molecule has 2 amide bonds. The Morgan fingerprint density at radius 2 is 1.34 bits per heavy atom. The average Bonchev–Trinajstić information content (AvgIpc) is 2.94. The molecule has 2 unspecified atom stereocenters. The van der Waals surface area contributed by atoms with Gasteiger partial charge in [0.2, 0.25) is 11.8 Å². The van der Waals surface area contributed by atoms with Gasteiger partial charge in [0, 0.05) is 24.4 Å². The number of hydrogen-bond donors (Lipinski definition) is 4. The molecule has 0 spiro atoms. The second kappa shape index (κ2) is 23.9. The van der Waals surface area contributed by atoms with E-state index in [0.717, 1.165) is 25.7 Å². The predicted molar refractivity (Wildman–Crippen MR) is 176 cm³/mol. The minimum atomic E-state index is -1.50. The fourth-order valence-corrected chi connectivity index (χ4v) is 4.64. The highest BCUT2D eigenvalue weighted by Crippen LogP contribution is 2.24. The average molecular weight is 625 g/mol. The number of allylic oxidation sites excluding steroid dienone is 2. The molecule has 0 heterocycles. The van der Waals surface area contributed by atoms with E-state index in [1.54, 1.807) is 34.6 Å². The first kappa shape index (κ1) is 41.6. The number of carbonyl (C=O) groups excluding carboxylic acids is 3. The summed E-state index contributed by atoms with van der Waals surface area (Å²) in [5.74, 6) is -2.26. The molecule has 0 rings (SSSR count). The van der Waals surface area contributed by atoms with Crippen LogP contribution in [0, 0.1) is 10.8 Å². The number of amides is 2. The molecule has 0 aromatic heterocycles. The fraction of sp³-hybridized carbons (Fsp3) is 0.829. The Morgan fingerprint density at radius 1 is 0.795 bits per heavy atom. The Bertz CT molecular complexity index is 849. The molecule has 0 fully saturated rings. The zero-order chi connectivity index (χ0) is 33.4. The van der Waals surface area contributed by atoms with Crippen LogP contribution in [0.25, 0.3) is 0 Å². The molecular formula is C35H64N2O7. The van der Waals surface area contributed by atoms with Gasteiger partial charge < -0.3 is 25.6 Å². The maximum Gasteiger partial charge on any atom is 0.311 e. The molecule has 0 saturated heterocycles. The molecule has 0 aromatic rings. The third kappa shape index (κ3) is 22.1. The Labute approximate surface area is 267 Å². The van der Waals surface area contributed by atoms with Gasteiger partial charge in [0.15, 0.2) is 0 Å². The molecule has 0 aliphatic carbocycles. The number of rotatable bonds is 26. The third-order valence-corrected chi connectivity index (χ3v) is 7.66. The van der Waals surface area contributed by atoms with Crippen LogP contribution < -0.4 is 10.6 Å². The number of unbranched alkanes of at least 4 members (excludes halogenated alkanes) is 11. The van der Waals surface area contributed by atoms with Gasteiger partial charge in [-0.2, -0.15) is 0 Å². The maximum atomic E-state index is 12.7. The SMILES string of the molecule is CCCCCCCC/C=C\CCCCCCCC(=O)NCCCC(CC(=O)O)NC(=O)C(O)C(C)(C)COC(=O)C(C)(C)C. The van der Waals surface area contributed by atoms with E-state index in [9.17, 15) is 29.4 Å². The summed E-state index contributed by atoms with van der Waals surface area (Å²) in [6, 6.07) is -0.704. The second-order valence-electron chi connectivity index (χ2n) is 13.8. The van der Waals surface area contributed by atoms with E-state index in [4.69, 9.17) is 4.74 Å². The third-order valence-electron chi connectivity index (χ3n) is 7.66. The number of aliphatic hydroxyl groups excluding tert-OH is 1. The fourth-order valence-electron chi connectivity index (χ4n) is 4.64. The van der Waals surface area contributed by atoms with Crippen molar-refractivity contribution in [2.45, 2.75) is 163 Å². The highest BCUT2D eigenvalue weighted by atomic mass is 16.5. The van der Waals surface area contributed by atoms with Gasteiger partial charge in [-0.05, 0) is 65.7 Å². The molecule has 4 N–H and O–H groups in total. The zero-order valence-electron chi connectivity index (χ0n) is 28.7. The summed E-state index contributed by atoms with van der Waals surface area (Å²) in [4.78, 5) is 48.3. The normalized spacial score (nSPS) is 13.4. The summed E-state index contributed by atoms with van der Waals surface area (Å²) >= 11 is 0. The van der Waals surface area contributed by atoms with Crippen LogP contribution in [0.5, 0.6) is 0 Å². The number of carboxylic acid groups (broad SMARTS) is 1. The van der Waals surface area contributed by atoms with Crippen molar-refractivity contribution < 1.29 is 34.1 Å². The van der Waals surface area contributed by atoms with Crippen LogP contribution in [-0.2, 0) is 23.9 Å². The monoisotopic (exact) mass is 624 g/mol. The van der Waals surface area contributed by atoms with Crippen molar-refractivity contribution in [3.05, 3.63) is 12.2 Å². The van der Waals surface area contributed by atoms with Crippen molar-refractivity contribution >= 4 is 23.8 Å². The quantitative estimate of drug-likeness (QED) is 0.0468. The van der Waals surface area contributed by atoms with Crippen molar-refractivity contribution in [1.29, 1.82) is 0 Å². The van der Waals surface area contributed by atoms with Gasteiger partial charge in [0.05, 0.1) is 18.4 Å². The lowest BCUT2D eigenvalue weighted by Crippen LogP contribution is -2.50. The highest BCUT2D eigenvalue weighted by Gasteiger charge is 2.37. The molecule has 0 saturated carbocycles. The van der Waals surface area contributed by atoms with Crippen LogP contribution in [0.2, 0.25) is 0 Å². The number of aliphatic carboxylic acids is 1. The van der Waals surface area contributed by atoms with Crippen LogP contribution in [-0.4, -0.2) is 59.3 Å². The lowest BCUT2D eigenvalue weighted by Gasteiger charge is -2.31. The molecule has 44 heavy (non-hydrogen) atoms. The van der Waals surface area contributed by atoms with Crippen LogP contribution in [0.4, 0.5) is 0 Å². The second-order valence-corrected chi connectivity index (χ2v) is 13.8. The summed E-state index contributed by atoms with van der Waals surface area (Å²) in [7, 11) is 0. The Hall–Kier alpha value is -2.42. The minimum Gasteiger partial charge on any atom is -0.481 e. The van der Waals surface area contributed by atoms with E-state index in [1.165, 1.54) is 57.8 Å². The van der Waals surface area contributed by atoms with Crippen LogP contribution in [0.15, 0.2) is 12.2 Å². The zero-order valence-corrected chi connectivity index (χ0v) is 28.7. The summed E-state index contributed by atoms with van der Waals surface area (Å²) < 4.78 is 5.28. The van der Waals surface area contributed by atoms with E-state index in [0.29, 0.717) is 25.8 Å². The van der Waals surface area contributed by atoms with Crippen LogP contribution >= 0.6 is 0 Å². The Balaban J connectivity index is 4.16. The number of ether oxygens (including phenoxy) is 1. The first-order chi connectivity index (χ1) is 20.7. The van der Waals surface area contributed by atoms with Gasteiger partial charge in [0.25, 0.3) is 0 Å². The van der Waals surface area contributed by atoms with Crippen LogP contribution in [0.1, 0.15) is 151 Å². The largest absolute Gasteiger partial charge is 0.481 e. The number of esters is 1. The number of nitrogens with one attached hydrogen (secondary N) is 2. The molecule has 0 bridgehead atoms. The number of carboxylic acids is 1. The lowest BCUT2D eigenvalue weighted by molar-refractivity contribution is -0.161. The van der Waals surface area contributed by atoms with Gasteiger partial charge >= 0.3 is 11.9 Å². The molecule has 2 atom stereocenters. The van der Waals surface area contributed by atoms with Crippen molar-refractivity contribution in [1.82, 2.24) is 10.6 Å². The first-order valence-corrected chi connectivity index (χ1v) is 17.0. The van der Waals surface area contributed by atoms with E-state index in [2.05, 4.69) is 29.7 Å². The number of aliphatic hydroxyl groups is 1. The summed E-state index contributed by atoms with van der Waals surface area (Å²) in [5.41, 5.74) is -1.79. The molecule has 0 aromatic carbocycles. The Kier molecular flexibility index (Phi) is 22.6. The van der Waals surface area contributed by atoms with Gasteiger partial charge in [-0.15, -0.1) is 0 Å². The summed E-state index contributed by atoms with van der Waals surface area (Å²) in [5, 5.41) is 25.4. The first-order valence-electron chi connectivity index (χ1n) is 17.0. The van der Waals surface area contributed by atoms with E-state index in [1.807, 2.05) is 0 Å². The lowest BCUT2D eigenvalue weighted by atomic mass is 9.86. The molecule has 0 radical (unpaired) electrons. The van der Waals surface area contributed by atoms with Gasteiger partial charge in [-0.3, -0.25) is 19.2 Å². The van der Waals surface area contributed by atoms with Crippen molar-refractivity contribution in [3.63, 3.8) is 0 Å². The molecule has 0 aliphatic heterocycles. The minimum absolute atomic E-state index is 0.0246. The molecule has 9 nitrogen and oxygen atoms in total. The van der Waals surface area contributed by atoms with E-state index < -0.39 is 40.8 Å².